The fourth-order valence-corrected chi connectivity index (χ4v) is 6.01. The maximum atomic E-state index is 12.6. The minimum Gasteiger partial charge on any atom is -0.338 e. The summed E-state index contributed by atoms with van der Waals surface area (Å²) >= 11 is 1.60. The molecule has 4 heterocycles. The molecule has 1 atom stereocenters. The Morgan fingerprint density at radius 1 is 0.903 bits per heavy atom. The zero-order chi connectivity index (χ0) is 21.0. The molecule has 5 rings (SSSR count). The molecule has 1 amide bonds. The SMILES string of the molecule is O=C(c1ccc(-c2ccc(CON3CCCC3CN3CCCC3)cc2)s1)N1CCCC1. The number of carbonyl (C=O) groups excluding carboxylic acids is 1. The van der Waals surface area contributed by atoms with Gasteiger partial charge in [0.2, 0.25) is 0 Å². The van der Waals surface area contributed by atoms with Crippen LogP contribution in [0.25, 0.3) is 10.4 Å². The number of thiophene rings is 1. The van der Waals surface area contributed by atoms with E-state index in [1.165, 1.54) is 49.9 Å². The lowest BCUT2D eigenvalue weighted by molar-refractivity contribution is -0.181. The van der Waals surface area contributed by atoms with E-state index in [0.29, 0.717) is 12.6 Å². The number of hydrogen-bond acceptors (Lipinski definition) is 5. The predicted molar refractivity (Wildman–Crippen MR) is 125 cm³/mol. The second kappa shape index (κ2) is 9.82. The molecule has 0 bridgehead atoms. The Bertz CT molecular complexity index is 869. The molecular formula is C25H33N3O2S. The lowest BCUT2D eigenvalue weighted by Crippen LogP contribution is -2.39. The van der Waals surface area contributed by atoms with Gasteiger partial charge in [-0.05, 0) is 74.9 Å². The zero-order valence-electron chi connectivity index (χ0n) is 18.3. The largest absolute Gasteiger partial charge is 0.338 e. The smallest absolute Gasteiger partial charge is 0.263 e. The highest BCUT2D eigenvalue weighted by Gasteiger charge is 2.28. The molecule has 2 aromatic rings. The maximum Gasteiger partial charge on any atom is 0.263 e. The van der Waals surface area contributed by atoms with Gasteiger partial charge in [-0.1, -0.05) is 24.3 Å². The lowest BCUT2D eigenvalue weighted by Gasteiger charge is -2.27. The molecule has 3 fully saturated rings. The van der Waals surface area contributed by atoms with E-state index >= 15 is 0 Å². The van der Waals surface area contributed by atoms with E-state index in [9.17, 15) is 4.79 Å². The first kappa shape index (κ1) is 21.1. The van der Waals surface area contributed by atoms with Crippen molar-refractivity contribution in [3.05, 3.63) is 46.8 Å². The van der Waals surface area contributed by atoms with Crippen LogP contribution in [0.4, 0.5) is 0 Å². The van der Waals surface area contributed by atoms with Crippen LogP contribution in [-0.2, 0) is 11.4 Å². The molecule has 1 aromatic carbocycles. The molecule has 0 saturated carbocycles. The van der Waals surface area contributed by atoms with Crippen molar-refractivity contribution in [2.45, 2.75) is 51.2 Å². The molecule has 0 spiro atoms. The second-order valence-corrected chi connectivity index (χ2v) is 10.2. The van der Waals surface area contributed by atoms with Crippen LogP contribution in [0.3, 0.4) is 0 Å². The number of amides is 1. The molecule has 0 radical (unpaired) electrons. The van der Waals surface area contributed by atoms with Crippen LogP contribution in [0.2, 0.25) is 0 Å². The van der Waals surface area contributed by atoms with Gasteiger partial charge >= 0.3 is 0 Å². The maximum absolute atomic E-state index is 12.6. The number of rotatable bonds is 7. The zero-order valence-corrected chi connectivity index (χ0v) is 19.1. The van der Waals surface area contributed by atoms with Gasteiger partial charge < -0.3 is 9.80 Å². The normalized spacial score (nSPS) is 22.6. The third-order valence-electron chi connectivity index (χ3n) is 6.84. The van der Waals surface area contributed by atoms with E-state index in [1.54, 1.807) is 11.3 Å². The number of likely N-dealkylation sites (tertiary alicyclic amines) is 2. The highest BCUT2D eigenvalue weighted by atomic mass is 32.1. The molecule has 31 heavy (non-hydrogen) atoms. The monoisotopic (exact) mass is 439 g/mol. The van der Waals surface area contributed by atoms with Crippen LogP contribution < -0.4 is 0 Å². The van der Waals surface area contributed by atoms with Crippen molar-refractivity contribution in [1.29, 1.82) is 0 Å². The van der Waals surface area contributed by atoms with E-state index < -0.39 is 0 Å². The highest BCUT2D eigenvalue weighted by Crippen LogP contribution is 2.30. The van der Waals surface area contributed by atoms with E-state index in [-0.39, 0.29) is 5.91 Å². The minimum atomic E-state index is 0.188. The van der Waals surface area contributed by atoms with Crippen LogP contribution in [0.5, 0.6) is 0 Å². The van der Waals surface area contributed by atoms with Gasteiger partial charge in [0.15, 0.2) is 0 Å². The number of benzene rings is 1. The van der Waals surface area contributed by atoms with Gasteiger partial charge in [-0.25, -0.2) is 0 Å². The lowest BCUT2D eigenvalue weighted by atomic mass is 10.1. The molecule has 3 aliphatic rings. The summed E-state index contributed by atoms with van der Waals surface area (Å²) < 4.78 is 0. The second-order valence-electron chi connectivity index (χ2n) is 9.08. The van der Waals surface area contributed by atoms with Gasteiger partial charge in [-0.2, -0.15) is 5.06 Å². The summed E-state index contributed by atoms with van der Waals surface area (Å²) in [6, 6.07) is 13.2. The van der Waals surface area contributed by atoms with Crippen LogP contribution in [0.15, 0.2) is 36.4 Å². The fraction of sp³-hybridized carbons (Fsp3) is 0.560. The number of hydroxylamine groups is 2. The van der Waals surface area contributed by atoms with Gasteiger partial charge in [0.05, 0.1) is 11.5 Å². The highest BCUT2D eigenvalue weighted by molar-refractivity contribution is 7.17. The van der Waals surface area contributed by atoms with Crippen molar-refractivity contribution < 1.29 is 9.63 Å². The van der Waals surface area contributed by atoms with Crippen molar-refractivity contribution in [2.24, 2.45) is 0 Å². The topological polar surface area (TPSA) is 36.0 Å². The van der Waals surface area contributed by atoms with E-state index in [1.807, 2.05) is 11.0 Å². The number of hydrogen-bond donors (Lipinski definition) is 0. The summed E-state index contributed by atoms with van der Waals surface area (Å²) in [4.78, 5) is 25.4. The first-order valence-electron chi connectivity index (χ1n) is 11.9. The van der Waals surface area contributed by atoms with E-state index in [2.05, 4.69) is 40.3 Å². The molecule has 1 aromatic heterocycles. The standard InChI is InChI=1S/C25H33N3O2S/c29-25(27-15-3-4-16-27)24-12-11-23(31-24)21-9-7-20(8-10-21)19-30-28-17-5-6-22(28)18-26-13-1-2-14-26/h7-12,22H,1-6,13-19H2. The summed E-state index contributed by atoms with van der Waals surface area (Å²) in [5.74, 6) is 0.188. The van der Waals surface area contributed by atoms with Gasteiger partial charge in [-0.3, -0.25) is 9.63 Å². The van der Waals surface area contributed by atoms with Gasteiger partial charge in [0.1, 0.15) is 0 Å². The van der Waals surface area contributed by atoms with Crippen molar-refractivity contribution in [2.75, 3.05) is 39.3 Å². The molecular weight excluding hydrogens is 406 g/mol. The van der Waals surface area contributed by atoms with Crippen LogP contribution in [0, 0.1) is 0 Å². The Morgan fingerprint density at radius 2 is 1.65 bits per heavy atom. The van der Waals surface area contributed by atoms with Crippen molar-refractivity contribution in [3.63, 3.8) is 0 Å². The number of carbonyl (C=O) groups is 1. The molecule has 1 unspecified atom stereocenters. The fourth-order valence-electron chi connectivity index (χ4n) is 5.03. The van der Waals surface area contributed by atoms with Gasteiger partial charge in [0.25, 0.3) is 5.91 Å². The average molecular weight is 440 g/mol. The van der Waals surface area contributed by atoms with Crippen LogP contribution in [0.1, 0.15) is 53.8 Å². The molecule has 0 N–H and O–H groups in total. The first-order valence-corrected chi connectivity index (χ1v) is 12.7. The van der Waals surface area contributed by atoms with Gasteiger partial charge in [0, 0.05) is 37.1 Å². The molecule has 6 heteroatoms. The van der Waals surface area contributed by atoms with Gasteiger partial charge in [-0.15, -0.1) is 11.3 Å². The van der Waals surface area contributed by atoms with Crippen molar-refractivity contribution >= 4 is 17.2 Å². The third-order valence-corrected chi connectivity index (χ3v) is 7.96. The quantitative estimate of drug-likeness (QED) is 0.630. The molecule has 3 aliphatic heterocycles. The molecule has 166 valence electrons. The summed E-state index contributed by atoms with van der Waals surface area (Å²) in [6.45, 7) is 7.11. The number of nitrogens with zero attached hydrogens (tertiary/aromatic N) is 3. The molecule has 0 aliphatic carbocycles. The molecule has 3 saturated heterocycles. The Kier molecular flexibility index (Phi) is 6.69. The Morgan fingerprint density at radius 3 is 2.42 bits per heavy atom. The van der Waals surface area contributed by atoms with Crippen molar-refractivity contribution in [1.82, 2.24) is 14.9 Å². The first-order chi connectivity index (χ1) is 15.3. The average Bonchev–Trinajstić information content (AvgIpc) is 3.61. The minimum absolute atomic E-state index is 0.188. The predicted octanol–water partition coefficient (Wildman–Crippen LogP) is 4.64. The Labute approximate surface area is 189 Å². The third kappa shape index (κ3) is 5.03. The molecule has 5 nitrogen and oxygen atoms in total. The Hall–Kier alpha value is -1.73. The van der Waals surface area contributed by atoms with E-state index in [0.717, 1.165) is 48.8 Å². The Balaban J connectivity index is 1.15. The van der Waals surface area contributed by atoms with Crippen LogP contribution in [-0.4, -0.2) is 66.1 Å². The van der Waals surface area contributed by atoms with Crippen molar-refractivity contribution in [3.8, 4) is 10.4 Å². The summed E-state index contributed by atoms with van der Waals surface area (Å²) in [5.41, 5.74) is 2.36. The summed E-state index contributed by atoms with van der Waals surface area (Å²) in [7, 11) is 0. The summed E-state index contributed by atoms with van der Waals surface area (Å²) in [5, 5.41) is 2.22. The summed E-state index contributed by atoms with van der Waals surface area (Å²) in [6.07, 6.45) is 7.42. The van der Waals surface area contributed by atoms with E-state index in [4.69, 9.17) is 4.84 Å². The van der Waals surface area contributed by atoms with Crippen LogP contribution >= 0.6 is 11.3 Å².